The van der Waals surface area contributed by atoms with E-state index in [1.165, 1.54) is 30.9 Å². The summed E-state index contributed by atoms with van der Waals surface area (Å²) in [6, 6.07) is 5.35. The third-order valence-corrected chi connectivity index (χ3v) is 4.01. The summed E-state index contributed by atoms with van der Waals surface area (Å²) in [6.07, 6.45) is 0.460. The van der Waals surface area contributed by atoms with Crippen molar-refractivity contribution in [3.05, 3.63) is 77.9 Å². The number of anilines is 2. The molecule has 0 fully saturated rings. The second-order valence-electron chi connectivity index (χ2n) is 5.99. The van der Waals surface area contributed by atoms with Gasteiger partial charge >= 0.3 is 6.18 Å². The molecular weight excluding hydrogens is 376 g/mol. The van der Waals surface area contributed by atoms with Crippen LogP contribution in [0, 0.1) is 5.82 Å². The van der Waals surface area contributed by atoms with E-state index in [0.29, 0.717) is 11.4 Å². The number of benzene rings is 1. The molecule has 0 aliphatic carbocycles. The van der Waals surface area contributed by atoms with Crippen molar-refractivity contribution in [2.75, 3.05) is 11.9 Å². The zero-order valence-electron chi connectivity index (χ0n) is 14.6. The zero-order chi connectivity index (χ0) is 20.3. The molecule has 0 bridgehead atoms. The molecule has 0 atom stereocenters. The van der Waals surface area contributed by atoms with Gasteiger partial charge in [-0.15, -0.1) is 0 Å². The number of nitrogens with zero attached hydrogens (tertiary/aromatic N) is 4. The molecule has 2 heterocycles. The van der Waals surface area contributed by atoms with E-state index >= 15 is 0 Å². The van der Waals surface area contributed by atoms with E-state index in [9.17, 15) is 22.4 Å². The van der Waals surface area contributed by atoms with E-state index in [0.717, 1.165) is 24.4 Å². The van der Waals surface area contributed by atoms with Gasteiger partial charge in [-0.1, -0.05) is 0 Å². The van der Waals surface area contributed by atoms with Crippen LogP contribution in [0.15, 0.2) is 55.2 Å². The minimum atomic E-state index is -4.53. The maximum absolute atomic E-state index is 14.0. The maximum atomic E-state index is 14.0. The number of carbonyl (C=O) groups is 1. The molecule has 0 saturated carbocycles. The largest absolute Gasteiger partial charge is 0.416 e. The molecule has 9 heteroatoms. The first-order valence-electron chi connectivity index (χ1n) is 8.08. The number of ketones is 1. The Kier molecular flexibility index (Phi) is 5.34. The molecule has 0 amide bonds. The molecule has 28 heavy (non-hydrogen) atoms. The Bertz CT molecular complexity index is 993. The van der Waals surface area contributed by atoms with Crippen molar-refractivity contribution < 1.29 is 22.4 Å². The van der Waals surface area contributed by atoms with Crippen LogP contribution in [-0.2, 0) is 12.6 Å². The third kappa shape index (κ3) is 4.48. The second kappa shape index (κ2) is 7.71. The molecule has 144 valence electrons. The van der Waals surface area contributed by atoms with Gasteiger partial charge in [-0.25, -0.2) is 14.4 Å². The molecule has 0 saturated heterocycles. The summed E-state index contributed by atoms with van der Waals surface area (Å²) in [6.45, 7) is 0. The van der Waals surface area contributed by atoms with E-state index in [2.05, 4.69) is 15.0 Å². The molecule has 0 aliphatic rings. The fourth-order valence-electron chi connectivity index (χ4n) is 2.56. The number of Topliss-reactive ketones (excluding diaryl/α,β-unsaturated/α-hetero) is 1. The summed E-state index contributed by atoms with van der Waals surface area (Å²) >= 11 is 0. The molecule has 3 rings (SSSR count). The Morgan fingerprint density at radius 2 is 1.79 bits per heavy atom. The molecule has 0 N–H and O–H groups in total. The molecule has 0 spiro atoms. The van der Waals surface area contributed by atoms with Crippen LogP contribution in [0.4, 0.5) is 28.9 Å². The topological polar surface area (TPSA) is 59.0 Å². The molecule has 0 radical (unpaired) electrons. The minimum absolute atomic E-state index is 0.0258. The number of hydrogen-bond donors (Lipinski definition) is 0. The lowest BCUT2D eigenvalue weighted by Gasteiger charge is -2.19. The molecule has 5 nitrogen and oxygen atoms in total. The number of aromatic nitrogens is 3. The Morgan fingerprint density at radius 3 is 2.46 bits per heavy atom. The molecular formula is C19H14F4N4O. The molecule has 0 unspecified atom stereocenters. The van der Waals surface area contributed by atoms with Crippen LogP contribution in [0.5, 0.6) is 0 Å². The van der Waals surface area contributed by atoms with Crippen molar-refractivity contribution in [1.82, 2.24) is 15.0 Å². The highest BCUT2D eigenvalue weighted by molar-refractivity contribution is 5.98. The van der Waals surface area contributed by atoms with Gasteiger partial charge in [-0.05, 0) is 30.3 Å². The molecule has 2 aromatic heterocycles. The Labute approximate surface area is 157 Å². The van der Waals surface area contributed by atoms with Crippen LogP contribution in [0.25, 0.3) is 0 Å². The number of rotatable bonds is 5. The lowest BCUT2D eigenvalue weighted by Crippen LogP contribution is -2.13. The minimum Gasteiger partial charge on any atom is -0.342 e. The average Bonchev–Trinajstić information content (AvgIpc) is 2.67. The third-order valence-electron chi connectivity index (χ3n) is 4.01. The standard InChI is InChI=1S/C19H14F4N4O/c1-27(17-9-24-11-25-10-17)16-5-12(4-14(20)7-16)18(28)8-15-6-13(2-3-26-15)19(21,22)23/h2-7,9-11H,8H2,1H3. The monoisotopic (exact) mass is 390 g/mol. The highest BCUT2D eigenvalue weighted by Gasteiger charge is 2.30. The van der Waals surface area contributed by atoms with Gasteiger partial charge in [-0.2, -0.15) is 13.2 Å². The van der Waals surface area contributed by atoms with E-state index in [-0.39, 0.29) is 17.7 Å². The fourth-order valence-corrected chi connectivity index (χ4v) is 2.56. The zero-order valence-corrected chi connectivity index (χ0v) is 14.6. The van der Waals surface area contributed by atoms with Gasteiger partial charge in [0.15, 0.2) is 5.78 Å². The molecule has 3 aromatic rings. The predicted molar refractivity (Wildman–Crippen MR) is 93.8 cm³/mol. The van der Waals surface area contributed by atoms with Crippen molar-refractivity contribution >= 4 is 17.2 Å². The highest BCUT2D eigenvalue weighted by Crippen LogP contribution is 2.29. The molecule has 1 aromatic carbocycles. The van der Waals surface area contributed by atoms with Gasteiger partial charge in [0.25, 0.3) is 0 Å². The smallest absolute Gasteiger partial charge is 0.342 e. The second-order valence-corrected chi connectivity index (χ2v) is 5.99. The van der Waals surface area contributed by atoms with Gasteiger partial charge < -0.3 is 4.90 Å². The highest BCUT2D eigenvalue weighted by atomic mass is 19.4. The number of carbonyl (C=O) groups excluding carboxylic acids is 1. The number of halogens is 4. The quantitative estimate of drug-likeness (QED) is 0.482. The number of hydrogen-bond acceptors (Lipinski definition) is 5. The van der Waals surface area contributed by atoms with Crippen LogP contribution < -0.4 is 4.90 Å². The number of alkyl halides is 3. The van der Waals surface area contributed by atoms with Crippen LogP contribution >= 0.6 is 0 Å². The van der Waals surface area contributed by atoms with Gasteiger partial charge in [0.2, 0.25) is 0 Å². The van der Waals surface area contributed by atoms with Crippen molar-refractivity contribution in [2.45, 2.75) is 12.6 Å². The summed E-state index contributed by atoms with van der Waals surface area (Å²) in [4.78, 5) is 25.7. The Hall–Kier alpha value is -3.36. The summed E-state index contributed by atoms with van der Waals surface area (Å²) in [5.74, 6) is -1.20. The first kappa shape index (κ1) is 19.4. The maximum Gasteiger partial charge on any atom is 0.416 e. The van der Waals surface area contributed by atoms with Crippen molar-refractivity contribution in [3.63, 3.8) is 0 Å². The van der Waals surface area contributed by atoms with Crippen LogP contribution in [0.2, 0.25) is 0 Å². The Balaban J connectivity index is 1.86. The average molecular weight is 390 g/mol. The fraction of sp³-hybridized carbons (Fsp3) is 0.158. The van der Waals surface area contributed by atoms with Crippen molar-refractivity contribution in [2.24, 2.45) is 0 Å². The van der Waals surface area contributed by atoms with Gasteiger partial charge in [-0.3, -0.25) is 9.78 Å². The lowest BCUT2D eigenvalue weighted by molar-refractivity contribution is -0.137. The first-order chi connectivity index (χ1) is 13.2. The summed E-state index contributed by atoms with van der Waals surface area (Å²) in [5, 5.41) is 0. The predicted octanol–water partition coefficient (Wildman–Crippen LogP) is 4.22. The van der Waals surface area contributed by atoms with E-state index in [1.54, 1.807) is 11.9 Å². The van der Waals surface area contributed by atoms with E-state index in [4.69, 9.17) is 0 Å². The van der Waals surface area contributed by atoms with Gasteiger partial charge in [0, 0.05) is 30.2 Å². The summed E-state index contributed by atoms with van der Waals surface area (Å²) in [5.41, 5.74) is 0.0311. The van der Waals surface area contributed by atoms with Crippen LogP contribution in [0.1, 0.15) is 21.6 Å². The summed E-state index contributed by atoms with van der Waals surface area (Å²) < 4.78 is 52.5. The SMILES string of the molecule is CN(c1cncnc1)c1cc(F)cc(C(=O)Cc2cc(C(F)(F)F)ccn2)c1. The molecule has 0 aliphatic heterocycles. The van der Waals surface area contributed by atoms with E-state index < -0.39 is 23.3 Å². The lowest BCUT2D eigenvalue weighted by atomic mass is 10.0. The van der Waals surface area contributed by atoms with Gasteiger partial charge in [0.05, 0.1) is 30.1 Å². The summed E-state index contributed by atoms with van der Waals surface area (Å²) in [7, 11) is 1.65. The van der Waals surface area contributed by atoms with Crippen LogP contribution in [-0.4, -0.2) is 27.8 Å². The number of pyridine rings is 1. The van der Waals surface area contributed by atoms with Crippen LogP contribution in [0.3, 0.4) is 0 Å². The van der Waals surface area contributed by atoms with Crippen molar-refractivity contribution in [1.29, 1.82) is 0 Å². The van der Waals surface area contributed by atoms with Gasteiger partial charge in [0.1, 0.15) is 12.1 Å². The normalized spacial score (nSPS) is 11.3. The van der Waals surface area contributed by atoms with Crippen molar-refractivity contribution in [3.8, 4) is 0 Å². The Morgan fingerprint density at radius 1 is 1.07 bits per heavy atom. The van der Waals surface area contributed by atoms with E-state index in [1.807, 2.05) is 0 Å². The first-order valence-corrected chi connectivity index (χ1v) is 8.08.